The van der Waals surface area contributed by atoms with Gasteiger partial charge in [-0.25, -0.2) is 4.90 Å². The lowest BCUT2D eigenvalue weighted by Gasteiger charge is -2.19. The summed E-state index contributed by atoms with van der Waals surface area (Å²) in [5.41, 5.74) is 4.36. The SMILES string of the molecule is CCCOc1ccc(C2=C(Nc3ccc(OC)cc3)C(=O)N(c3cccc(C)c3C)C2=O)cc1. The van der Waals surface area contributed by atoms with E-state index in [4.69, 9.17) is 9.47 Å². The van der Waals surface area contributed by atoms with Gasteiger partial charge in [-0.05, 0) is 79.4 Å². The van der Waals surface area contributed by atoms with Crippen molar-refractivity contribution in [2.45, 2.75) is 27.2 Å². The van der Waals surface area contributed by atoms with Crippen molar-refractivity contribution >= 4 is 28.8 Å². The van der Waals surface area contributed by atoms with Crippen LogP contribution in [0.3, 0.4) is 0 Å². The second kappa shape index (κ2) is 9.83. The van der Waals surface area contributed by atoms with Gasteiger partial charge >= 0.3 is 0 Å². The Morgan fingerprint density at radius 2 is 1.53 bits per heavy atom. The lowest BCUT2D eigenvalue weighted by Crippen LogP contribution is -2.33. The molecule has 1 N–H and O–H groups in total. The van der Waals surface area contributed by atoms with Gasteiger partial charge in [-0.2, -0.15) is 0 Å². The smallest absolute Gasteiger partial charge is 0.282 e. The van der Waals surface area contributed by atoms with E-state index in [1.807, 2.05) is 69.3 Å². The number of nitrogens with one attached hydrogen (secondary N) is 1. The third-order valence-electron chi connectivity index (χ3n) is 5.88. The van der Waals surface area contributed by atoms with Gasteiger partial charge in [-0.15, -0.1) is 0 Å². The number of amides is 2. The van der Waals surface area contributed by atoms with Crippen LogP contribution < -0.4 is 19.7 Å². The first kappa shape index (κ1) is 23.1. The minimum atomic E-state index is -0.393. The van der Waals surface area contributed by atoms with E-state index in [1.54, 1.807) is 25.3 Å². The predicted molar refractivity (Wildman–Crippen MR) is 134 cm³/mol. The molecule has 0 bridgehead atoms. The molecular weight excluding hydrogens is 428 g/mol. The third-order valence-corrected chi connectivity index (χ3v) is 5.88. The van der Waals surface area contributed by atoms with E-state index in [0.29, 0.717) is 34.9 Å². The van der Waals surface area contributed by atoms with Gasteiger partial charge in [0.05, 0.1) is 25.0 Å². The zero-order valence-electron chi connectivity index (χ0n) is 19.8. The summed E-state index contributed by atoms with van der Waals surface area (Å²) < 4.78 is 10.9. The molecule has 4 rings (SSSR count). The molecule has 0 aliphatic carbocycles. The molecule has 0 spiro atoms. The topological polar surface area (TPSA) is 67.9 Å². The second-order valence-corrected chi connectivity index (χ2v) is 8.14. The van der Waals surface area contributed by atoms with E-state index >= 15 is 0 Å². The zero-order valence-corrected chi connectivity index (χ0v) is 19.8. The molecule has 2 amide bonds. The minimum Gasteiger partial charge on any atom is -0.497 e. The first-order valence-corrected chi connectivity index (χ1v) is 11.3. The van der Waals surface area contributed by atoms with E-state index in [0.717, 1.165) is 23.3 Å². The molecule has 1 aliphatic heterocycles. The molecule has 0 aromatic heterocycles. The average Bonchev–Trinajstić information content (AvgIpc) is 3.09. The highest BCUT2D eigenvalue weighted by atomic mass is 16.5. The summed E-state index contributed by atoms with van der Waals surface area (Å²) in [6, 6.07) is 20.1. The highest BCUT2D eigenvalue weighted by Crippen LogP contribution is 2.36. The first-order chi connectivity index (χ1) is 16.4. The van der Waals surface area contributed by atoms with E-state index in [1.165, 1.54) is 4.90 Å². The van der Waals surface area contributed by atoms with Gasteiger partial charge < -0.3 is 14.8 Å². The van der Waals surface area contributed by atoms with Crippen molar-refractivity contribution < 1.29 is 19.1 Å². The second-order valence-electron chi connectivity index (χ2n) is 8.14. The van der Waals surface area contributed by atoms with Crippen molar-refractivity contribution in [1.82, 2.24) is 0 Å². The van der Waals surface area contributed by atoms with Gasteiger partial charge in [0.25, 0.3) is 11.8 Å². The number of rotatable bonds is 8. The van der Waals surface area contributed by atoms with E-state index in [-0.39, 0.29) is 11.6 Å². The number of nitrogens with zero attached hydrogens (tertiary/aromatic N) is 1. The van der Waals surface area contributed by atoms with Gasteiger partial charge in [0.1, 0.15) is 17.2 Å². The summed E-state index contributed by atoms with van der Waals surface area (Å²) in [7, 11) is 1.60. The van der Waals surface area contributed by atoms with Gasteiger partial charge in [0, 0.05) is 5.69 Å². The third kappa shape index (κ3) is 4.39. The molecule has 1 aliphatic rings. The van der Waals surface area contributed by atoms with Crippen LogP contribution in [0.15, 0.2) is 72.4 Å². The lowest BCUT2D eigenvalue weighted by molar-refractivity contribution is -0.120. The summed E-state index contributed by atoms with van der Waals surface area (Å²) in [4.78, 5) is 28.6. The van der Waals surface area contributed by atoms with Gasteiger partial charge in [0.2, 0.25) is 0 Å². The molecule has 0 fully saturated rings. The Bertz CT molecular complexity index is 1240. The Morgan fingerprint density at radius 1 is 0.853 bits per heavy atom. The number of aryl methyl sites for hydroxylation is 1. The number of carbonyl (C=O) groups is 2. The van der Waals surface area contributed by atoms with Crippen LogP contribution in [0.2, 0.25) is 0 Å². The Balaban J connectivity index is 1.77. The van der Waals surface area contributed by atoms with Crippen molar-refractivity contribution in [2.75, 3.05) is 23.9 Å². The summed E-state index contributed by atoms with van der Waals surface area (Å²) >= 11 is 0. The van der Waals surface area contributed by atoms with Crippen LogP contribution in [0.25, 0.3) is 5.57 Å². The molecular formula is C28H28N2O4. The maximum Gasteiger partial charge on any atom is 0.282 e. The summed E-state index contributed by atoms with van der Waals surface area (Å²) in [5, 5.41) is 3.18. The lowest BCUT2D eigenvalue weighted by atomic mass is 10.0. The molecule has 0 radical (unpaired) electrons. The molecule has 3 aromatic rings. The Labute approximate surface area is 199 Å². The van der Waals surface area contributed by atoms with Gasteiger partial charge in [0.15, 0.2) is 0 Å². The quantitative estimate of drug-likeness (QED) is 0.454. The molecule has 3 aromatic carbocycles. The number of benzene rings is 3. The number of ether oxygens (including phenoxy) is 2. The van der Waals surface area contributed by atoms with E-state index in [9.17, 15) is 9.59 Å². The van der Waals surface area contributed by atoms with Gasteiger partial charge in [-0.3, -0.25) is 9.59 Å². The fraction of sp³-hybridized carbons (Fsp3) is 0.214. The Morgan fingerprint density at radius 3 is 2.18 bits per heavy atom. The van der Waals surface area contributed by atoms with Crippen LogP contribution in [0, 0.1) is 13.8 Å². The Kier molecular flexibility index (Phi) is 6.68. The molecule has 6 heteroatoms. The van der Waals surface area contributed by atoms with Crippen molar-refractivity contribution in [2.24, 2.45) is 0 Å². The molecule has 34 heavy (non-hydrogen) atoms. The number of hydrogen-bond donors (Lipinski definition) is 1. The molecule has 0 atom stereocenters. The monoisotopic (exact) mass is 456 g/mol. The Hall–Kier alpha value is -4.06. The van der Waals surface area contributed by atoms with Crippen molar-refractivity contribution in [3.8, 4) is 11.5 Å². The molecule has 174 valence electrons. The number of anilines is 2. The number of imide groups is 1. The van der Waals surface area contributed by atoms with E-state index in [2.05, 4.69) is 5.32 Å². The molecule has 0 unspecified atom stereocenters. The summed E-state index contributed by atoms with van der Waals surface area (Å²) in [6.45, 7) is 6.54. The maximum atomic E-state index is 13.7. The van der Waals surface area contributed by atoms with Gasteiger partial charge in [-0.1, -0.05) is 31.2 Å². The highest BCUT2D eigenvalue weighted by molar-refractivity contribution is 6.46. The highest BCUT2D eigenvalue weighted by Gasteiger charge is 2.41. The minimum absolute atomic E-state index is 0.235. The molecule has 0 saturated carbocycles. The van der Waals surface area contributed by atoms with Crippen molar-refractivity contribution in [1.29, 1.82) is 0 Å². The predicted octanol–water partition coefficient (Wildman–Crippen LogP) is 5.50. The standard InChI is InChI=1S/C28H28N2O4/c1-5-17-34-23-13-9-20(10-14-23)25-26(29-21-11-15-22(33-4)16-12-21)28(32)30(27(25)31)24-8-6-7-18(2)19(24)3/h6-16,29H,5,17H2,1-4H3. The van der Waals surface area contributed by atoms with E-state index < -0.39 is 5.91 Å². The van der Waals surface area contributed by atoms with Crippen LogP contribution in [0.1, 0.15) is 30.0 Å². The van der Waals surface area contributed by atoms with Crippen molar-refractivity contribution in [3.05, 3.63) is 89.1 Å². The normalized spacial score (nSPS) is 13.5. The van der Waals surface area contributed by atoms with Crippen molar-refractivity contribution in [3.63, 3.8) is 0 Å². The number of carbonyl (C=O) groups excluding carboxylic acids is 2. The number of hydrogen-bond acceptors (Lipinski definition) is 5. The fourth-order valence-electron chi connectivity index (χ4n) is 3.87. The number of methoxy groups -OCH3 is 1. The van der Waals surface area contributed by atoms with Crippen LogP contribution in [-0.2, 0) is 9.59 Å². The summed E-state index contributed by atoms with van der Waals surface area (Å²) in [5.74, 6) is 0.667. The van der Waals surface area contributed by atoms with Crippen LogP contribution in [0.4, 0.5) is 11.4 Å². The molecule has 6 nitrogen and oxygen atoms in total. The zero-order chi connectivity index (χ0) is 24.2. The molecule has 1 heterocycles. The maximum absolute atomic E-state index is 13.7. The summed E-state index contributed by atoms with van der Waals surface area (Å²) in [6.07, 6.45) is 0.903. The van der Waals surface area contributed by atoms with Crippen LogP contribution in [-0.4, -0.2) is 25.5 Å². The molecule has 0 saturated heterocycles. The van der Waals surface area contributed by atoms with Crippen LogP contribution >= 0.6 is 0 Å². The van der Waals surface area contributed by atoms with Crippen LogP contribution in [0.5, 0.6) is 11.5 Å². The average molecular weight is 457 g/mol. The largest absolute Gasteiger partial charge is 0.497 e. The fourth-order valence-corrected chi connectivity index (χ4v) is 3.87. The first-order valence-electron chi connectivity index (χ1n) is 11.3.